The molecule has 0 radical (unpaired) electrons. The largest absolute Gasteiger partial charge is 0.486 e. The molecule has 1 aromatic heterocycles. The lowest BCUT2D eigenvalue weighted by molar-refractivity contribution is 0.0946. The highest BCUT2D eigenvalue weighted by Crippen LogP contribution is 2.35. The molecule has 26 heavy (non-hydrogen) atoms. The van der Waals surface area contributed by atoms with Crippen molar-refractivity contribution in [1.29, 1.82) is 0 Å². The molecule has 1 fully saturated rings. The lowest BCUT2D eigenvalue weighted by Gasteiger charge is -2.18. The molecule has 3 heterocycles. The molecule has 0 saturated carbocycles. The lowest BCUT2D eigenvalue weighted by atomic mass is 10.2. The van der Waals surface area contributed by atoms with Crippen molar-refractivity contribution in [3.63, 3.8) is 0 Å². The molecule has 6 nitrogen and oxygen atoms in total. The van der Waals surface area contributed by atoms with Crippen molar-refractivity contribution >= 4 is 42.1 Å². The van der Waals surface area contributed by atoms with Crippen LogP contribution in [-0.4, -0.2) is 43.2 Å². The number of nitrogens with one attached hydrogen (secondary N) is 2. The SMILES string of the molecule is Cl.Cl.O=C(NCC1CCCN1)c1csc(-c2ccc3c(c2)OCCO3)n1. The predicted octanol–water partition coefficient (Wildman–Crippen LogP) is 2.91. The van der Waals surface area contributed by atoms with Crippen LogP contribution in [-0.2, 0) is 0 Å². The zero-order chi connectivity index (χ0) is 16.4. The van der Waals surface area contributed by atoms with E-state index in [-0.39, 0.29) is 30.7 Å². The average Bonchev–Trinajstić information content (AvgIpc) is 3.31. The summed E-state index contributed by atoms with van der Waals surface area (Å²) in [6.07, 6.45) is 2.28. The van der Waals surface area contributed by atoms with Crippen LogP contribution in [0, 0.1) is 0 Å². The second-order valence-electron chi connectivity index (χ2n) is 5.90. The average molecular weight is 418 g/mol. The molecule has 9 heteroatoms. The van der Waals surface area contributed by atoms with Crippen LogP contribution in [0.2, 0.25) is 0 Å². The van der Waals surface area contributed by atoms with E-state index in [1.807, 2.05) is 18.2 Å². The molecule has 2 aromatic rings. The third kappa shape index (κ3) is 4.59. The topological polar surface area (TPSA) is 72.5 Å². The molecule has 0 spiro atoms. The fraction of sp³-hybridized carbons (Fsp3) is 0.412. The van der Waals surface area contributed by atoms with E-state index in [4.69, 9.17) is 9.47 Å². The maximum absolute atomic E-state index is 12.2. The normalized spacial score (nSPS) is 17.8. The van der Waals surface area contributed by atoms with E-state index >= 15 is 0 Å². The molecular formula is C17H21Cl2N3O3S. The monoisotopic (exact) mass is 417 g/mol. The highest BCUT2D eigenvalue weighted by atomic mass is 35.5. The fourth-order valence-corrected chi connectivity index (χ4v) is 3.72. The second-order valence-corrected chi connectivity index (χ2v) is 6.76. The first kappa shape index (κ1) is 20.8. The van der Waals surface area contributed by atoms with E-state index in [2.05, 4.69) is 15.6 Å². The Morgan fingerprint density at radius 3 is 2.85 bits per heavy atom. The molecule has 0 aliphatic carbocycles. The van der Waals surface area contributed by atoms with Gasteiger partial charge in [-0.15, -0.1) is 36.2 Å². The Bertz CT molecular complexity index is 751. The number of benzene rings is 1. The van der Waals surface area contributed by atoms with Gasteiger partial charge >= 0.3 is 0 Å². The quantitative estimate of drug-likeness (QED) is 0.799. The van der Waals surface area contributed by atoms with Gasteiger partial charge in [-0.1, -0.05) is 0 Å². The fourth-order valence-electron chi connectivity index (χ4n) is 2.92. The van der Waals surface area contributed by atoms with Gasteiger partial charge in [-0.3, -0.25) is 4.79 Å². The molecule has 2 N–H and O–H groups in total. The molecule has 1 atom stereocenters. The molecule has 1 saturated heterocycles. The van der Waals surface area contributed by atoms with Gasteiger partial charge in [0.05, 0.1) is 0 Å². The van der Waals surface area contributed by atoms with Crippen LogP contribution in [0.3, 0.4) is 0 Å². The predicted molar refractivity (Wildman–Crippen MR) is 106 cm³/mol. The number of halogens is 2. The number of fused-ring (bicyclic) bond motifs is 1. The van der Waals surface area contributed by atoms with Crippen LogP contribution >= 0.6 is 36.2 Å². The van der Waals surface area contributed by atoms with Crippen molar-refractivity contribution in [1.82, 2.24) is 15.6 Å². The first-order chi connectivity index (χ1) is 11.8. The molecule has 0 bridgehead atoms. The summed E-state index contributed by atoms with van der Waals surface area (Å²) in [5.74, 6) is 1.36. The van der Waals surface area contributed by atoms with Crippen LogP contribution < -0.4 is 20.1 Å². The summed E-state index contributed by atoms with van der Waals surface area (Å²) in [5.41, 5.74) is 1.39. The molecule has 1 amide bonds. The molecular weight excluding hydrogens is 397 g/mol. The number of hydrogen-bond acceptors (Lipinski definition) is 6. The summed E-state index contributed by atoms with van der Waals surface area (Å²) < 4.78 is 11.1. The zero-order valence-electron chi connectivity index (χ0n) is 14.0. The van der Waals surface area contributed by atoms with Crippen molar-refractivity contribution in [3.05, 3.63) is 29.3 Å². The first-order valence-corrected chi connectivity index (χ1v) is 9.05. The smallest absolute Gasteiger partial charge is 0.270 e. The number of rotatable bonds is 4. The standard InChI is InChI=1S/C17H19N3O3S.2ClH/c21-16(19-9-12-2-1-5-18-12)13-10-24-17(20-13)11-3-4-14-15(8-11)23-7-6-22-14;;/h3-4,8,10,12,18H,1-2,5-7,9H2,(H,19,21);2*1H. The zero-order valence-corrected chi connectivity index (χ0v) is 16.5. The number of aromatic nitrogens is 1. The molecule has 1 aromatic carbocycles. The maximum atomic E-state index is 12.2. The van der Waals surface area contributed by atoms with Crippen molar-refractivity contribution in [3.8, 4) is 22.1 Å². The number of thiazole rings is 1. The van der Waals surface area contributed by atoms with Gasteiger partial charge < -0.3 is 20.1 Å². The Morgan fingerprint density at radius 2 is 2.08 bits per heavy atom. The van der Waals surface area contributed by atoms with Crippen molar-refractivity contribution in [2.75, 3.05) is 26.3 Å². The van der Waals surface area contributed by atoms with E-state index in [0.29, 0.717) is 31.5 Å². The van der Waals surface area contributed by atoms with Gasteiger partial charge in [0.2, 0.25) is 0 Å². The van der Waals surface area contributed by atoms with Crippen LogP contribution in [0.5, 0.6) is 11.5 Å². The summed E-state index contributed by atoms with van der Waals surface area (Å²) in [6, 6.07) is 6.12. The van der Waals surface area contributed by atoms with Gasteiger partial charge in [-0.25, -0.2) is 4.98 Å². The van der Waals surface area contributed by atoms with Gasteiger partial charge in [0.15, 0.2) is 11.5 Å². The molecule has 142 valence electrons. The number of carbonyl (C=O) groups excluding carboxylic acids is 1. The van der Waals surface area contributed by atoms with Crippen molar-refractivity contribution in [2.45, 2.75) is 18.9 Å². The van der Waals surface area contributed by atoms with Gasteiger partial charge in [0.1, 0.15) is 23.9 Å². The van der Waals surface area contributed by atoms with Gasteiger partial charge in [-0.05, 0) is 37.6 Å². The summed E-state index contributed by atoms with van der Waals surface area (Å²) in [6.45, 7) is 2.81. The van der Waals surface area contributed by atoms with Gasteiger partial charge in [0, 0.05) is 23.5 Å². The Hall–Kier alpha value is -1.54. The Morgan fingerprint density at radius 1 is 1.27 bits per heavy atom. The Labute approximate surface area is 168 Å². The first-order valence-electron chi connectivity index (χ1n) is 8.17. The Kier molecular flexibility index (Phi) is 7.52. The summed E-state index contributed by atoms with van der Waals surface area (Å²) >= 11 is 1.46. The number of ether oxygens (including phenoxy) is 2. The van der Waals surface area contributed by atoms with E-state index < -0.39 is 0 Å². The molecule has 4 rings (SSSR count). The van der Waals surface area contributed by atoms with Crippen LogP contribution in [0.15, 0.2) is 23.6 Å². The maximum Gasteiger partial charge on any atom is 0.270 e. The summed E-state index contributed by atoms with van der Waals surface area (Å²) in [5, 5.41) is 8.92. The van der Waals surface area contributed by atoms with Crippen molar-refractivity contribution in [2.24, 2.45) is 0 Å². The second kappa shape index (κ2) is 9.41. The van der Waals surface area contributed by atoms with E-state index in [9.17, 15) is 4.79 Å². The van der Waals surface area contributed by atoms with Crippen molar-refractivity contribution < 1.29 is 14.3 Å². The third-order valence-corrected chi connectivity index (χ3v) is 5.09. The molecule has 2 aliphatic heterocycles. The summed E-state index contributed by atoms with van der Waals surface area (Å²) in [7, 11) is 0. The van der Waals surface area contributed by atoms with E-state index in [0.717, 1.165) is 35.0 Å². The van der Waals surface area contributed by atoms with E-state index in [1.165, 1.54) is 17.8 Å². The number of nitrogens with zero attached hydrogens (tertiary/aromatic N) is 1. The molecule has 2 aliphatic rings. The lowest BCUT2D eigenvalue weighted by Crippen LogP contribution is -2.37. The minimum Gasteiger partial charge on any atom is -0.486 e. The third-order valence-electron chi connectivity index (χ3n) is 4.20. The number of carbonyl (C=O) groups is 1. The highest BCUT2D eigenvalue weighted by Gasteiger charge is 2.18. The van der Waals surface area contributed by atoms with Gasteiger partial charge in [-0.2, -0.15) is 0 Å². The van der Waals surface area contributed by atoms with Gasteiger partial charge in [0.25, 0.3) is 5.91 Å². The van der Waals surface area contributed by atoms with E-state index in [1.54, 1.807) is 5.38 Å². The van der Waals surface area contributed by atoms with Crippen LogP contribution in [0.1, 0.15) is 23.3 Å². The minimum absolute atomic E-state index is 0. The highest BCUT2D eigenvalue weighted by molar-refractivity contribution is 7.13. The molecule has 1 unspecified atom stereocenters. The number of hydrogen-bond donors (Lipinski definition) is 2. The Balaban J connectivity index is 0.00000121. The minimum atomic E-state index is -0.122. The number of amides is 1. The van der Waals surface area contributed by atoms with Crippen LogP contribution in [0.25, 0.3) is 10.6 Å². The summed E-state index contributed by atoms with van der Waals surface area (Å²) in [4.78, 5) is 16.7. The van der Waals surface area contributed by atoms with Crippen LogP contribution in [0.4, 0.5) is 0 Å².